The molecule has 0 unspecified atom stereocenters. The van der Waals surface area contributed by atoms with Crippen molar-refractivity contribution in [3.05, 3.63) is 65.1 Å². The minimum absolute atomic E-state index is 0.0514. The number of rotatable bonds is 7. The van der Waals surface area contributed by atoms with E-state index in [0.717, 1.165) is 18.9 Å². The third-order valence-electron chi connectivity index (χ3n) is 5.43. The average Bonchev–Trinajstić information content (AvgIpc) is 3.37. The zero-order valence-corrected chi connectivity index (χ0v) is 17.9. The fraction of sp³-hybridized carbons (Fsp3) is 0.333. The molecule has 0 amide bonds. The Bertz CT molecular complexity index is 1230. The Morgan fingerprint density at radius 2 is 1.79 bits per heavy atom. The topological polar surface area (TPSA) is 108 Å². The van der Waals surface area contributed by atoms with Crippen molar-refractivity contribution in [1.29, 1.82) is 0 Å². The lowest BCUT2D eigenvalue weighted by Gasteiger charge is -2.37. The molecule has 0 spiro atoms. The lowest BCUT2D eigenvalue weighted by atomic mass is 10.0. The second-order valence-electron chi connectivity index (χ2n) is 7.71. The standard InChI is InChI=1S/C21H20F2N8O2/c1-12-17(31(29-24-12)16-5-3-14(4-6-16)20(22)23)11-32-19-8-7-18(26-27-19)30-9-15(10-30)21-28-25-13(2)33-21/h3-8,15,20H,9-11H2,1-2H3. The van der Waals surface area contributed by atoms with Gasteiger partial charge in [-0.1, -0.05) is 17.3 Å². The van der Waals surface area contributed by atoms with E-state index in [1.807, 2.05) is 6.07 Å². The SMILES string of the molecule is Cc1nnc(C2CN(c3ccc(OCc4c(C)nnn4-c4ccc(C(F)F)cc4)nn3)C2)o1. The molecule has 1 aliphatic rings. The van der Waals surface area contributed by atoms with E-state index in [-0.39, 0.29) is 18.1 Å². The Hall–Kier alpha value is -3.96. The van der Waals surface area contributed by atoms with Gasteiger partial charge in [-0.05, 0) is 25.1 Å². The van der Waals surface area contributed by atoms with Crippen LogP contribution in [0.1, 0.15) is 41.1 Å². The quantitative estimate of drug-likeness (QED) is 0.416. The van der Waals surface area contributed by atoms with Crippen molar-refractivity contribution < 1.29 is 17.9 Å². The first-order chi connectivity index (χ1) is 16.0. The highest BCUT2D eigenvalue weighted by atomic mass is 19.3. The number of nitrogens with zero attached hydrogens (tertiary/aromatic N) is 8. The summed E-state index contributed by atoms with van der Waals surface area (Å²) in [6, 6.07) is 9.46. The molecule has 0 radical (unpaired) electrons. The van der Waals surface area contributed by atoms with E-state index in [1.165, 1.54) is 12.1 Å². The molecule has 33 heavy (non-hydrogen) atoms. The first-order valence-corrected chi connectivity index (χ1v) is 10.3. The largest absolute Gasteiger partial charge is 0.470 e. The van der Waals surface area contributed by atoms with Crippen LogP contribution in [0, 0.1) is 13.8 Å². The van der Waals surface area contributed by atoms with Gasteiger partial charge in [0, 0.05) is 31.6 Å². The maximum atomic E-state index is 12.8. The number of alkyl halides is 2. The zero-order valence-electron chi connectivity index (χ0n) is 17.9. The zero-order chi connectivity index (χ0) is 22.9. The molecule has 0 aliphatic carbocycles. The highest BCUT2D eigenvalue weighted by Crippen LogP contribution is 2.30. The maximum Gasteiger partial charge on any atom is 0.263 e. The van der Waals surface area contributed by atoms with Crippen molar-refractivity contribution in [2.75, 3.05) is 18.0 Å². The van der Waals surface area contributed by atoms with Crippen LogP contribution in [0.4, 0.5) is 14.6 Å². The average molecular weight is 454 g/mol. The Morgan fingerprint density at radius 3 is 2.42 bits per heavy atom. The van der Waals surface area contributed by atoms with Crippen molar-refractivity contribution in [2.45, 2.75) is 32.8 Å². The van der Waals surface area contributed by atoms with Gasteiger partial charge in [0.05, 0.1) is 17.3 Å². The van der Waals surface area contributed by atoms with Gasteiger partial charge in [-0.3, -0.25) is 0 Å². The summed E-state index contributed by atoms with van der Waals surface area (Å²) in [6.45, 7) is 5.17. The summed E-state index contributed by atoms with van der Waals surface area (Å²) in [6.07, 6.45) is -2.52. The van der Waals surface area contributed by atoms with E-state index in [2.05, 4.69) is 35.6 Å². The fourth-order valence-corrected chi connectivity index (χ4v) is 3.51. The van der Waals surface area contributed by atoms with Crippen LogP contribution in [-0.4, -0.2) is 48.5 Å². The van der Waals surface area contributed by atoms with E-state index in [0.29, 0.717) is 34.7 Å². The monoisotopic (exact) mass is 454 g/mol. The summed E-state index contributed by atoms with van der Waals surface area (Å²) in [5.74, 6) is 2.47. The predicted octanol–water partition coefficient (Wildman–Crippen LogP) is 3.18. The molecular formula is C21H20F2N8O2. The van der Waals surface area contributed by atoms with Gasteiger partial charge in [0.1, 0.15) is 12.3 Å². The third-order valence-corrected chi connectivity index (χ3v) is 5.43. The van der Waals surface area contributed by atoms with Gasteiger partial charge >= 0.3 is 0 Å². The van der Waals surface area contributed by atoms with Gasteiger partial charge in [0.25, 0.3) is 6.43 Å². The highest BCUT2D eigenvalue weighted by Gasteiger charge is 2.33. The molecule has 1 fully saturated rings. The molecule has 3 aromatic heterocycles. The van der Waals surface area contributed by atoms with Crippen LogP contribution in [0.2, 0.25) is 0 Å². The van der Waals surface area contributed by atoms with E-state index >= 15 is 0 Å². The molecule has 1 saturated heterocycles. The minimum atomic E-state index is -2.52. The number of halogens is 2. The Labute approximate surface area is 187 Å². The summed E-state index contributed by atoms with van der Waals surface area (Å²) >= 11 is 0. The maximum absolute atomic E-state index is 12.8. The van der Waals surface area contributed by atoms with Crippen LogP contribution in [0.3, 0.4) is 0 Å². The Kier molecular flexibility index (Phi) is 5.40. The van der Waals surface area contributed by atoms with Gasteiger partial charge in [-0.15, -0.1) is 25.5 Å². The van der Waals surface area contributed by atoms with E-state index in [9.17, 15) is 8.78 Å². The smallest absolute Gasteiger partial charge is 0.263 e. The van der Waals surface area contributed by atoms with E-state index in [4.69, 9.17) is 9.15 Å². The number of aromatic nitrogens is 7. The fourth-order valence-electron chi connectivity index (χ4n) is 3.51. The Balaban J connectivity index is 1.21. The number of hydrogen-bond donors (Lipinski definition) is 0. The number of ether oxygens (including phenoxy) is 1. The van der Waals surface area contributed by atoms with Crippen LogP contribution in [-0.2, 0) is 6.61 Å². The molecule has 4 heterocycles. The first kappa shape index (κ1) is 20.9. The van der Waals surface area contributed by atoms with Crippen molar-refractivity contribution in [3.63, 3.8) is 0 Å². The first-order valence-electron chi connectivity index (χ1n) is 10.3. The molecule has 0 N–H and O–H groups in total. The number of benzene rings is 1. The molecule has 10 nitrogen and oxygen atoms in total. The lowest BCUT2D eigenvalue weighted by molar-refractivity contribution is 0.151. The van der Waals surface area contributed by atoms with E-state index in [1.54, 1.807) is 36.7 Å². The van der Waals surface area contributed by atoms with Gasteiger partial charge in [-0.2, -0.15) is 0 Å². The molecule has 0 atom stereocenters. The van der Waals surface area contributed by atoms with Crippen LogP contribution in [0.5, 0.6) is 5.88 Å². The van der Waals surface area contributed by atoms with Gasteiger partial charge in [0.2, 0.25) is 17.7 Å². The normalized spacial score (nSPS) is 14.0. The summed E-state index contributed by atoms with van der Waals surface area (Å²) in [4.78, 5) is 2.06. The van der Waals surface area contributed by atoms with Gasteiger partial charge in [0.15, 0.2) is 5.82 Å². The molecule has 1 aromatic carbocycles. The molecule has 5 rings (SSSR count). The third kappa shape index (κ3) is 4.23. The number of hydrogen-bond acceptors (Lipinski definition) is 9. The molecule has 4 aromatic rings. The minimum Gasteiger partial charge on any atom is -0.470 e. The molecule has 0 bridgehead atoms. The van der Waals surface area contributed by atoms with Gasteiger partial charge in [-0.25, -0.2) is 13.5 Å². The van der Waals surface area contributed by atoms with Gasteiger partial charge < -0.3 is 14.1 Å². The van der Waals surface area contributed by atoms with Crippen molar-refractivity contribution >= 4 is 5.82 Å². The van der Waals surface area contributed by atoms with Crippen molar-refractivity contribution in [3.8, 4) is 11.6 Å². The van der Waals surface area contributed by atoms with E-state index < -0.39 is 6.43 Å². The molecule has 0 saturated carbocycles. The summed E-state index contributed by atoms with van der Waals surface area (Å²) in [7, 11) is 0. The van der Waals surface area contributed by atoms with Crippen LogP contribution in [0.15, 0.2) is 40.8 Å². The summed E-state index contributed by atoms with van der Waals surface area (Å²) in [5, 5.41) is 24.5. The van der Waals surface area contributed by atoms with Crippen molar-refractivity contribution in [2.24, 2.45) is 0 Å². The Morgan fingerprint density at radius 1 is 1.00 bits per heavy atom. The number of aryl methyl sites for hydroxylation is 2. The lowest BCUT2D eigenvalue weighted by Crippen LogP contribution is -2.45. The second kappa shape index (κ2) is 8.52. The van der Waals surface area contributed by atoms with Crippen LogP contribution in [0.25, 0.3) is 5.69 Å². The highest BCUT2D eigenvalue weighted by molar-refractivity contribution is 5.43. The molecular weight excluding hydrogens is 434 g/mol. The molecule has 170 valence electrons. The molecule has 1 aliphatic heterocycles. The summed E-state index contributed by atoms with van der Waals surface area (Å²) in [5.41, 5.74) is 1.92. The summed E-state index contributed by atoms with van der Waals surface area (Å²) < 4.78 is 38.5. The number of anilines is 1. The molecule has 12 heteroatoms. The van der Waals surface area contributed by atoms with Crippen LogP contribution >= 0.6 is 0 Å². The van der Waals surface area contributed by atoms with Crippen LogP contribution < -0.4 is 9.64 Å². The predicted molar refractivity (Wildman–Crippen MR) is 111 cm³/mol. The second-order valence-corrected chi connectivity index (χ2v) is 7.71. The van der Waals surface area contributed by atoms with Crippen molar-refractivity contribution in [1.82, 2.24) is 35.4 Å².